The van der Waals surface area contributed by atoms with Gasteiger partial charge in [0, 0.05) is 17.0 Å². The van der Waals surface area contributed by atoms with Crippen molar-refractivity contribution >= 4 is 12.2 Å². The van der Waals surface area contributed by atoms with Crippen molar-refractivity contribution in [3.8, 4) is 0 Å². The second kappa shape index (κ2) is 6.99. The molecule has 0 radical (unpaired) electrons. The average molecular weight is 391 g/mol. The van der Waals surface area contributed by atoms with Crippen LogP contribution < -0.4 is 21.8 Å². The molecule has 2 N–H and O–H groups in total. The molecule has 0 amide bonds. The number of H-pyrrole nitrogens is 2. The molecule has 3 aromatic rings. The maximum Gasteiger partial charge on any atom is 0.272 e. The number of nitrogens with one attached hydrogen (secondary N) is 2. The van der Waals surface area contributed by atoms with E-state index in [1.54, 1.807) is 0 Å². The third kappa shape index (κ3) is 3.83. The molecule has 146 valence electrons. The number of nitrogens with zero attached hydrogens (tertiary/aromatic N) is 1. The van der Waals surface area contributed by atoms with Crippen LogP contribution in [0.2, 0.25) is 0 Å². The first-order valence-electron chi connectivity index (χ1n) is 8.21. The standard InChI is InChI=1S/C19H16F3N3O3/c1-19(2,3)16-12(23-8-28-16)7-14-18(27)24-13(17(26)25-14)5-9-4-10(20)6-11(21)15(9)22/h4-8H,1-3H3,(H,24,27)(H,25,26). The Morgan fingerprint density at radius 3 is 2.21 bits per heavy atom. The van der Waals surface area contributed by atoms with Crippen molar-refractivity contribution in [2.24, 2.45) is 0 Å². The molecule has 9 heteroatoms. The summed E-state index contributed by atoms with van der Waals surface area (Å²) in [4.78, 5) is 33.2. The van der Waals surface area contributed by atoms with Gasteiger partial charge in [0.15, 0.2) is 18.0 Å². The van der Waals surface area contributed by atoms with Gasteiger partial charge in [-0.3, -0.25) is 9.59 Å². The minimum absolute atomic E-state index is 0.104. The van der Waals surface area contributed by atoms with E-state index in [0.717, 1.165) is 6.08 Å². The van der Waals surface area contributed by atoms with Crippen LogP contribution in [0, 0.1) is 17.5 Å². The zero-order chi connectivity index (χ0) is 20.6. The van der Waals surface area contributed by atoms with Crippen molar-refractivity contribution in [2.75, 3.05) is 0 Å². The fourth-order valence-corrected chi connectivity index (χ4v) is 2.59. The van der Waals surface area contributed by atoms with Gasteiger partial charge in [-0.1, -0.05) is 20.8 Å². The quantitative estimate of drug-likeness (QED) is 0.647. The molecule has 0 aliphatic heterocycles. The fraction of sp³-hybridized carbons (Fsp3) is 0.211. The molecule has 6 nitrogen and oxygen atoms in total. The molecule has 0 spiro atoms. The van der Waals surface area contributed by atoms with Crippen molar-refractivity contribution in [3.63, 3.8) is 0 Å². The summed E-state index contributed by atoms with van der Waals surface area (Å²) in [6, 6.07) is 1.09. The topological polar surface area (TPSA) is 91.8 Å². The molecule has 0 aliphatic carbocycles. The van der Waals surface area contributed by atoms with Crippen molar-refractivity contribution in [3.05, 3.63) is 84.4 Å². The zero-order valence-corrected chi connectivity index (χ0v) is 15.2. The van der Waals surface area contributed by atoms with Crippen LogP contribution in [0.4, 0.5) is 13.2 Å². The Labute approximate surface area is 156 Å². The van der Waals surface area contributed by atoms with Crippen molar-refractivity contribution in [2.45, 2.75) is 26.2 Å². The predicted octanol–water partition coefficient (Wildman–Crippen LogP) is 1.42. The predicted molar refractivity (Wildman–Crippen MR) is 95.6 cm³/mol. The van der Waals surface area contributed by atoms with Gasteiger partial charge in [-0.05, 0) is 18.2 Å². The van der Waals surface area contributed by atoms with E-state index in [0.29, 0.717) is 23.6 Å². The zero-order valence-electron chi connectivity index (χ0n) is 15.2. The second-order valence-electron chi connectivity index (χ2n) is 7.13. The average Bonchev–Trinajstić information content (AvgIpc) is 3.05. The Bertz CT molecular complexity index is 1280. The highest BCUT2D eigenvalue weighted by Crippen LogP contribution is 2.25. The summed E-state index contributed by atoms with van der Waals surface area (Å²) in [5.41, 5.74) is -2.02. The van der Waals surface area contributed by atoms with Crippen LogP contribution in [0.25, 0.3) is 12.2 Å². The molecule has 28 heavy (non-hydrogen) atoms. The van der Waals surface area contributed by atoms with Crippen LogP contribution in [0.15, 0.2) is 32.5 Å². The number of aromatic amines is 2. The van der Waals surface area contributed by atoms with Crippen LogP contribution in [0.3, 0.4) is 0 Å². The first-order valence-corrected chi connectivity index (χ1v) is 8.21. The molecule has 0 atom stereocenters. The van der Waals surface area contributed by atoms with E-state index >= 15 is 0 Å². The maximum absolute atomic E-state index is 13.8. The van der Waals surface area contributed by atoms with Gasteiger partial charge < -0.3 is 14.4 Å². The van der Waals surface area contributed by atoms with Crippen molar-refractivity contribution in [1.82, 2.24) is 15.0 Å². The Morgan fingerprint density at radius 2 is 1.61 bits per heavy atom. The molecule has 3 rings (SSSR count). The minimum Gasteiger partial charge on any atom is -0.447 e. The van der Waals surface area contributed by atoms with Crippen LogP contribution in [-0.2, 0) is 5.41 Å². The Balaban J connectivity index is 2.18. The maximum atomic E-state index is 13.8. The SMILES string of the molecule is CC(C)(C)c1ocnc1C=c1[nH]c(=O)c(=Cc2cc(F)cc(F)c2F)[nH]c1=O. The number of oxazole rings is 1. The summed E-state index contributed by atoms with van der Waals surface area (Å²) in [6.45, 7) is 5.67. The molecular formula is C19H16F3N3O3. The van der Waals surface area contributed by atoms with Crippen LogP contribution in [0.5, 0.6) is 0 Å². The summed E-state index contributed by atoms with van der Waals surface area (Å²) in [7, 11) is 0. The summed E-state index contributed by atoms with van der Waals surface area (Å²) < 4.78 is 45.7. The van der Waals surface area contributed by atoms with Gasteiger partial charge in [-0.25, -0.2) is 18.2 Å². The number of hydrogen-bond acceptors (Lipinski definition) is 4. The highest BCUT2D eigenvalue weighted by molar-refractivity contribution is 5.50. The van der Waals surface area contributed by atoms with Gasteiger partial charge in [0.05, 0.1) is 0 Å². The Hall–Kier alpha value is -3.36. The number of rotatable bonds is 2. The summed E-state index contributed by atoms with van der Waals surface area (Å²) in [5.74, 6) is -3.25. The molecule has 0 unspecified atom stereocenters. The third-order valence-electron chi connectivity index (χ3n) is 3.86. The minimum atomic E-state index is -1.41. The van der Waals surface area contributed by atoms with Gasteiger partial charge in [0.2, 0.25) is 0 Å². The smallest absolute Gasteiger partial charge is 0.272 e. The molecule has 1 aromatic carbocycles. The molecule has 0 saturated carbocycles. The Morgan fingerprint density at radius 1 is 1.00 bits per heavy atom. The number of halogens is 3. The molecule has 0 fully saturated rings. The molecule has 0 bridgehead atoms. The lowest BCUT2D eigenvalue weighted by molar-refractivity contribution is 0.407. The number of hydrogen-bond donors (Lipinski definition) is 2. The number of aromatic nitrogens is 3. The second-order valence-corrected chi connectivity index (χ2v) is 7.13. The van der Waals surface area contributed by atoms with Crippen LogP contribution >= 0.6 is 0 Å². The molecule has 2 aromatic heterocycles. The molecule has 2 heterocycles. The molecule has 0 aliphatic rings. The fourth-order valence-electron chi connectivity index (χ4n) is 2.59. The first-order chi connectivity index (χ1) is 13.1. The largest absolute Gasteiger partial charge is 0.447 e. The Kier molecular flexibility index (Phi) is 4.84. The van der Waals surface area contributed by atoms with Gasteiger partial charge in [0.1, 0.15) is 28.0 Å². The summed E-state index contributed by atoms with van der Waals surface area (Å²) in [6.07, 6.45) is 3.42. The van der Waals surface area contributed by atoms with Crippen molar-refractivity contribution in [1.29, 1.82) is 0 Å². The van der Waals surface area contributed by atoms with Gasteiger partial charge >= 0.3 is 0 Å². The van der Waals surface area contributed by atoms with E-state index in [9.17, 15) is 22.8 Å². The van der Waals surface area contributed by atoms with Gasteiger partial charge in [-0.2, -0.15) is 0 Å². The van der Waals surface area contributed by atoms with E-state index in [1.807, 2.05) is 20.8 Å². The lowest BCUT2D eigenvalue weighted by Gasteiger charge is -2.14. The summed E-state index contributed by atoms with van der Waals surface area (Å²) in [5, 5.41) is -0.463. The van der Waals surface area contributed by atoms with E-state index in [4.69, 9.17) is 4.42 Å². The van der Waals surface area contributed by atoms with Gasteiger partial charge in [0.25, 0.3) is 11.1 Å². The van der Waals surface area contributed by atoms with Crippen molar-refractivity contribution < 1.29 is 17.6 Å². The lowest BCUT2D eigenvalue weighted by Crippen LogP contribution is -2.46. The van der Waals surface area contributed by atoms with Gasteiger partial charge in [-0.15, -0.1) is 0 Å². The first kappa shape index (κ1) is 19.4. The monoisotopic (exact) mass is 391 g/mol. The van der Waals surface area contributed by atoms with E-state index in [-0.39, 0.29) is 16.1 Å². The molecular weight excluding hydrogens is 375 g/mol. The normalized spacial score (nSPS) is 13.4. The molecule has 0 saturated heterocycles. The highest BCUT2D eigenvalue weighted by Gasteiger charge is 2.22. The highest BCUT2D eigenvalue weighted by atomic mass is 19.2. The van der Waals surface area contributed by atoms with E-state index in [2.05, 4.69) is 15.0 Å². The van der Waals surface area contributed by atoms with Crippen LogP contribution in [0.1, 0.15) is 37.8 Å². The summed E-state index contributed by atoms with van der Waals surface area (Å²) >= 11 is 0. The van der Waals surface area contributed by atoms with E-state index in [1.165, 1.54) is 12.5 Å². The number of benzene rings is 1. The van der Waals surface area contributed by atoms with E-state index < -0.39 is 34.1 Å². The third-order valence-corrected chi connectivity index (χ3v) is 3.86. The van der Waals surface area contributed by atoms with Crippen LogP contribution in [-0.4, -0.2) is 15.0 Å². The lowest BCUT2D eigenvalue weighted by atomic mass is 9.92.